The molecular formula is C35H36N2O6S. The van der Waals surface area contributed by atoms with Gasteiger partial charge in [0, 0.05) is 35.7 Å². The van der Waals surface area contributed by atoms with E-state index >= 15 is 0 Å². The fourth-order valence-corrected chi connectivity index (χ4v) is 6.00. The van der Waals surface area contributed by atoms with E-state index in [1.165, 1.54) is 0 Å². The van der Waals surface area contributed by atoms with Crippen LogP contribution in [0.25, 0.3) is 11.1 Å². The summed E-state index contributed by atoms with van der Waals surface area (Å²) in [6.07, 6.45) is -0.266. The summed E-state index contributed by atoms with van der Waals surface area (Å²) in [7, 11) is 0. The zero-order chi connectivity index (χ0) is 30.9. The zero-order valence-corrected chi connectivity index (χ0v) is 25.3. The summed E-state index contributed by atoms with van der Waals surface area (Å²) in [5, 5.41) is 24.4. The van der Waals surface area contributed by atoms with Crippen molar-refractivity contribution in [2.45, 2.75) is 49.9 Å². The van der Waals surface area contributed by atoms with Crippen molar-refractivity contribution in [2.24, 2.45) is 0 Å². The molecule has 0 aliphatic carbocycles. The Bertz CT molecular complexity index is 1540. The first kappa shape index (κ1) is 31.3. The first-order valence-electron chi connectivity index (χ1n) is 14.6. The van der Waals surface area contributed by atoms with Crippen molar-refractivity contribution in [2.75, 3.05) is 12.3 Å². The number of nitrogens with one attached hydrogen (secondary N) is 2. The standard InChI is InChI=1S/C35H36N2O6S/c1-2-36-35(41)37-20-28-5-3-4-6-31(28)24-11-13-27(14-12-24)34-42-29(22-44-30-17-15-26(16-18-30)33(39)40)19-32(43-34)25-9-7-23(21-38)8-10-25/h3-18,29,32,34,38H,2,19-22H2,1H3,(H,39,40)(H2,36,37,41)/t29-,32+,34+/m1/s1. The predicted molar refractivity (Wildman–Crippen MR) is 170 cm³/mol. The number of rotatable bonds is 11. The largest absolute Gasteiger partial charge is 0.478 e. The van der Waals surface area contributed by atoms with E-state index in [1.54, 1.807) is 23.9 Å². The highest BCUT2D eigenvalue weighted by molar-refractivity contribution is 7.99. The molecule has 0 aromatic heterocycles. The van der Waals surface area contributed by atoms with Crippen molar-refractivity contribution in [3.63, 3.8) is 0 Å². The number of hydrogen-bond acceptors (Lipinski definition) is 6. The molecule has 1 saturated heterocycles. The van der Waals surface area contributed by atoms with Crippen molar-refractivity contribution in [3.05, 3.63) is 125 Å². The summed E-state index contributed by atoms with van der Waals surface area (Å²) in [5.41, 5.74) is 6.07. The number of carboxylic acids is 1. The molecule has 9 heteroatoms. The zero-order valence-electron chi connectivity index (χ0n) is 24.4. The highest BCUT2D eigenvalue weighted by Gasteiger charge is 2.32. The van der Waals surface area contributed by atoms with Crippen LogP contribution in [0.2, 0.25) is 0 Å². The minimum absolute atomic E-state index is 0.0189. The number of benzene rings is 4. The maximum Gasteiger partial charge on any atom is 0.335 e. The topological polar surface area (TPSA) is 117 Å². The molecule has 1 heterocycles. The number of ether oxygens (including phenoxy) is 2. The summed E-state index contributed by atoms with van der Waals surface area (Å²) in [6, 6.07) is 30.6. The minimum atomic E-state index is -0.947. The van der Waals surface area contributed by atoms with E-state index in [9.17, 15) is 19.8 Å². The molecular weight excluding hydrogens is 576 g/mol. The first-order chi connectivity index (χ1) is 21.4. The van der Waals surface area contributed by atoms with Crippen LogP contribution < -0.4 is 10.6 Å². The number of carbonyl (C=O) groups excluding carboxylic acids is 1. The molecule has 1 fully saturated rings. The minimum Gasteiger partial charge on any atom is -0.478 e. The average molecular weight is 613 g/mol. The van der Waals surface area contributed by atoms with Gasteiger partial charge in [-0.05, 0) is 59.0 Å². The molecule has 1 aliphatic heterocycles. The molecule has 2 amide bonds. The van der Waals surface area contributed by atoms with Crippen LogP contribution in [0.4, 0.5) is 4.79 Å². The third-order valence-corrected chi connectivity index (χ3v) is 8.58. The number of aromatic carboxylic acids is 1. The Morgan fingerprint density at radius 2 is 1.57 bits per heavy atom. The maximum absolute atomic E-state index is 12.0. The second kappa shape index (κ2) is 15.0. The first-order valence-corrected chi connectivity index (χ1v) is 15.6. The SMILES string of the molecule is CCNC(=O)NCc1ccccc1-c1ccc([C@H]2O[C@@H](CSc3ccc(C(=O)O)cc3)C[C@@H](c3ccc(CO)cc3)O2)cc1. The van der Waals surface area contributed by atoms with E-state index in [0.717, 1.165) is 38.3 Å². The third kappa shape index (κ3) is 8.06. The van der Waals surface area contributed by atoms with E-state index in [1.807, 2.05) is 91.9 Å². The van der Waals surface area contributed by atoms with Crippen molar-refractivity contribution in [3.8, 4) is 11.1 Å². The van der Waals surface area contributed by atoms with Gasteiger partial charge in [0.25, 0.3) is 0 Å². The highest BCUT2D eigenvalue weighted by Crippen LogP contribution is 2.40. The van der Waals surface area contributed by atoms with Gasteiger partial charge in [0.15, 0.2) is 6.29 Å². The molecule has 44 heavy (non-hydrogen) atoms. The third-order valence-electron chi connectivity index (χ3n) is 7.44. The molecule has 3 atom stereocenters. The highest BCUT2D eigenvalue weighted by atomic mass is 32.2. The molecule has 0 spiro atoms. The molecule has 0 bridgehead atoms. The van der Waals surface area contributed by atoms with Crippen LogP contribution in [0.15, 0.2) is 102 Å². The Morgan fingerprint density at radius 1 is 0.864 bits per heavy atom. The second-order valence-electron chi connectivity index (χ2n) is 10.5. The molecule has 4 aromatic rings. The predicted octanol–water partition coefficient (Wildman–Crippen LogP) is 6.70. The number of hydrogen-bond donors (Lipinski definition) is 4. The summed E-state index contributed by atoms with van der Waals surface area (Å²) < 4.78 is 13.0. The summed E-state index contributed by atoms with van der Waals surface area (Å²) in [4.78, 5) is 24.1. The molecule has 1 aliphatic rings. The van der Waals surface area contributed by atoms with Crippen LogP contribution in [0.5, 0.6) is 0 Å². The van der Waals surface area contributed by atoms with Gasteiger partial charge < -0.3 is 30.3 Å². The fourth-order valence-electron chi connectivity index (χ4n) is 5.08. The number of urea groups is 1. The molecule has 0 radical (unpaired) electrons. The van der Waals surface area contributed by atoms with E-state index in [0.29, 0.717) is 25.3 Å². The van der Waals surface area contributed by atoms with Crippen molar-refractivity contribution < 1.29 is 29.3 Å². The smallest absolute Gasteiger partial charge is 0.335 e. The van der Waals surface area contributed by atoms with E-state index in [4.69, 9.17) is 9.47 Å². The number of amides is 2. The molecule has 228 valence electrons. The molecule has 4 aromatic carbocycles. The van der Waals surface area contributed by atoms with Gasteiger partial charge in [0.05, 0.1) is 24.4 Å². The van der Waals surface area contributed by atoms with E-state index < -0.39 is 12.3 Å². The Kier molecular flexibility index (Phi) is 10.7. The van der Waals surface area contributed by atoms with Crippen molar-refractivity contribution >= 4 is 23.8 Å². The van der Waals surface area contributed by atoms with Gasteiger partial charge in [-0.15, -0.1) is 11.8 Å². The van der Waals surface area contributed by atoms with Crippen LogP contribution in [0.1, 0.15) is 58.4 Å². The van der Waals surface area contributed by atoms with Crippen molar-refractivity contribution in [1.29, 1.82) is 0 Å². The Labute approximate surface area is 261 Å². The molecule has 4 N–H and O–H groups in total. The maximum atomic E-state index is 12.0. The number of aliphatic hydroxyl groups excluding tert-OH is 1. The number of carbonyl (C=O) groups is 2. The number of aliphatic hydroxyl groups is 1. The van der Waals surface area contributed by atoms with Gasteiger partial charge in [-0.1, -0.05) is 72.8 Å². The van der Waals surface area contributed by atoms with E-state index in [-0.39, 0.29) is 30.4 Å². The normalized spacial score (nSPS) is 18.0. The lowest BCUT2D eigenvalue weighted by Crippen LogP contribution is -2.34. The van der Waals surface area contributed by atoms with Gasteiger partial charge >= 0.3 is 12.0 Å². The number of carboxylic acid groups (broad SMARTS) is 1. The number of thioether (sulfide) groups is 1. The quantitative estimate of drug-likeness (QED) is 0.139. The lowest BCUT2D eigenvalue weighted by Gasteiger charge is -2.36. The molecule has 0 saturated carbocycles. The Morgan fingerprint density at radius 3 is 2.25 bits per heavy atom. The van der Waals surface area contributed by atoms with Gasteiger partial charge in [0.2, 0.25) is 0 Å². The Hall–Kier alpha value is -4.15. The van der Waals surface area contributed by atoms with E-state index in [2.05, 4.69) is 10.6 Å². The van der Waals surface area contributed by atoms with Crippen molar-refractivity contribution in [1.82, 2.24) is 10.6 Å². The lowest BCUT2D eigenvalue weighted by atomic mass is 9.98. The lowest BCUT2D eigenvalue weighted by molar-refractivity contribution is -0.245. The second-order valence-corrected chi connectivity index (χ2v) is 11.6. The molecule has 5 rings (SSSR count). The van der Waals surface area contributed by atoms with Gasteiger partial charge in [-0.25, -0.2) is 9.59 Å². The molecule has 0 unspecified atom stereocenters. The van der Waals surface area contributed by atoms with Crippen LogP contribution in [-0.4, -0.2) is 40.6 Å². The van der Waals surface area contributed by atoms with Crippen LogP contribution in [0, 0.1) is 0 Å². The Balaban J connectivity index is 1.33. The van der Waals surface area contributed by atoms with Crippen LogP contribution >= 0.6 is 11.8 Å². The van der Waals surface area contributed by atoms with Gasteiger partial charge in [-0.3, -0.25) is 0 Å². The summed E-state index contributed by atoms with van der Waals surface area (Å²) >= 11 is 1.62. The van der Waals surface area contributed by atoms with Crippen LogP contribution in [-0.2, 0) is 22.6 Å². The molecule has 8 nitrogen and oxygen atoms in total. The summed E-state index contributed by atoms with van der Waals surface area (Å²) in [5.74, 6) is -0.278. The van der Waals surface area contributed by atoms with Gasteiger partial charge in [-0.2, -0.15) is 0 Å². The fraction of sp³-hybridized carbons (Fsp3) is 0.257. The van der Waals surface area contributed by atoms with Gasteiger partial charge in [0.1, 0.15) is 0 Å². The average Bonchev–Trinajstić information content (AvgIpc) is 3.07. The summed E-state index contributed by atoms with van der Waals surface area (Å²) in [6.45, 7) is 2.84. The van der Waals surface area contributed by atoms with Crippen LogP contribution in [0.3, 0.4) is 0 Å². The monoisotopic (exact) mass is 612 g/mol.